The number of aromatic nitrogens is 3. The number of aryl methyl sites for hydroxylation is 1. The van der Waals surface area contributed by atoms with Gasteiger partial charge in [-0.05, 0) is 183 Å². The molecule has 0 saturated carbocycles. The molecule has 5 rings (SSSR count). The topological polar surface area (TPSA) is 240 Å². The van der Waals surface area contributed by atoms with Crippen molar-refractivity contribution in [3.63, 3.8) is 0 Å². The number of hydrogen-bond acceptors (Lipinski definition) is 20. The zero-order valence-electron chi connectivity index (χ0n) is 74.6. The van der Waals surface area contributed by atoms with Crippen molar-refractivity contribution in [3.8, 4) is 0 Å². The number of rotatable bonds is 19. The lowest BCUT2D eigenvalue weighted by Gasteiger charge is -2.45. The number of amides is 1. The molecule has 0 aliphatic carbocycles. The van der Waals surface area contributed by atoms with E-state index in [1.165, 1.54) is 0 Å². The maximum atomic E-state index is 14.0. The fraction of sp³-hybridized carbons (Fsp3) is 0.784. The number of nitrogens with zero attached hydrogens (tertiary/aromatic N) is 3. The Labute approximate surface area is 693 Å². The van der Waals surface area contributed by atoms with E-state index >= 15 is 0 Å². The molecule has 0 radical (unpaired) electrons. The summed E-state index contributed by atoms with van der Waals surface area (Å²) in [7, 11) is 6.39. The van der Waals surface area contributed by atoms with E-state index in [9.17, 15) is 34.5 Å². The molecule has 5 N–H and O–H groups in total. The van der Waals surface area contributed by atoms with Crippen LogP contribution in [-0.4, -0.2) is 132 Å². The van der Waals surface area contributed by atoms with Gasteiger partial charge in [0, 0.05) is 52.7 Å². The number of pyridine rings is 2. The number of carbonyl (C=O) groups excluding carboxylic acids is 4. The molecule has 16 atom stereocenters. The molecule has 634 valence electrons. The number of fused-ring (bicyclic) bond motifs is 1. The summed E-state index contributed by atoms with van der Waals surface area (Å²) in [6.07, 6.45) is 5.73. The normalized spacial score (nSPS) is 24.1. The maximum absolute atomic E-state index is 14.0. The number of nitrogens with one attached hydrogen (secondary N) is 1. The monoisotopic (exact) mass is 1650 g/mol. The Balaban J connectivity index is 0.000000752. The third kappa shape index (κ3) is 35.9. The highest BCUT2D eigenvalue weighted by molar-refractivity contribution is 8.77. The van der Waals surface area contributed by atoms with Crippen molar-refractivity contribution < 1.29 is 58.6 Å². The number of ether oxygens (including phenoxy) is 4. The number of ketones is 1. The number of aliphatic hydroxyl groups excluding tert-OH is 4. The predicted molar refractivity (Wildman–Crippen MR) is 468 cm³/mol. The lowest BCUT2D eigenvalue weighted by atomic mass is 9.60. The van der Waals surface area contributed by atoms with Crippen LogP contribution in [0.3, 0.4) is 0 Å². The minimum absolute atomic E-state index is 0.00194. The molecule has 3 aromatic heterocycles. The van der Waals surface area contributed by atoms with Gasteiger partial charge < -0.3 is 44.7 Å². The summed E-state index contributed by atoms with van der Waals surface area (Å²) in [5, 5.41) is 49.6. The van der Waals surface area contributed by atoms with E-state index in [4.69, 9.17) is 35.7 Å². The second-order valence-electron chi connectivity index (χ2n) is 39.6. The van der Waals surface area contributed by atoms with Crippen molar-refractivity contribution >= 4 is 95.5 Å². The van der Waals surface area contributed by atoms with Crippen LogP contribution < -0.4 is 5.32 Å². The van der Waals surface area contributed by atoms with Crippen molar-refractivity contribution in [1.29, 1.82) is 0 Å². The highest BCUT2D eigenvalue weighted by Crippen LogP contribution is 2.49. The number of Topliss-reactive ketones (excluding diaryl/α,β-unsaturated/α-hetero) is 1. The predicted octanol–water partition coefficient (Wildman–Crippen LogP) is 23.4. The van der Waals surface area contributed by atoms with Gasteiger partial charge in [-0.15, -0.1) is 11.3 Å². The number of thiazole rings is 1. The number of carbonyl (C=O) groups is 4. The van der Waals surface area contributed by atoms with E-state index in [2.05, 4.69) is 214 Å². The lowest BCUT2D eigenvalue weighted by Crippen LogP contribution is -2.52. The van der Waals surface area contributed by atoms with E-state index in [0.29, 0.717) is 30.6 Å². The summed E-state index contributed by atoms with van der Waals surface area (Å²) in [5.74, 6) is 2.17. The Morgan fingerprint density at radius 3 is 1.49 bits per heavy atom. The lowest BCUT2D eigenvalue weighted by molar-refractivity contribution is -0.150. The van der Waals surface area contributed by atoms with E-state index in [1.807, 2.05) is 82.5 Å². The number of aliphatic hydroxyl groups is 4. The highest BCUT2D eigenvalue weighted by Gasteiger charge is 2.54. The molecule has 8 unspecified atom stereocenters. The Bertz CT molecular complexity index is 3160. The fourth-order valence-electron chi connectivity index (χ4n) is 12.6. The molecule has 5 heterocycles. The first-order valence-corrected chi connectivity index (χ1v) is 45.7. The number of epoxide rings is 1. The molecule has 2 aliphatic rings. The molecule has 2 fully saturated rings. The Kier molecular flexibility index (Phi) is 43.1. The molecular weight excluding hydrogens is 1500 g/mol. The van der Waals surface area contributed by atoms with E-state index in [-0.39, 0.29) is 134 Å². The molecule has 2 saturated heterocycles. The van der Waals surface area contributed by atoms with Gasteiger partial charge >= 0.3 is 11.6 Å². The number of halogens is 1. The van der Waals surface area contributed by atoms with Crippen molar-refractivity contribution in [2.24, 2.45) is 96.1 Å². The van der Waals surface area contributed by atoms with Gasteiger partial charge in [-0.2, -0.15) is 0 Å². The van der Waals surface area contributed by atoms with Crippen molar-refractivity contribution in [3.05, 3.63) is 70.4 Å². The second kappa shape index (κ2) is 45.1. The summed E-state index contributed by atoms with van der Waals surface area (Å²) in [4.78, 5) is 63.5. The Morgan fingerprint density at radius 2 is 1.10 bits per heavy atom. The van der Waals surface area contributed by atoms with E-state index < -0.39 is 34.6 Å². The molecule has 1 amide bonds. The average molecular weight is 1650 g/mol. The molecule has 3 aromatic rings. The van der Waals surface area contributed by atoms with Gasteiger partial charge in [-0.3, -0.25) is 9.59 Å². The third-order valence-electron chi connectivity index (χ3n) is 24.4. The summed E-state index contributed by atoms with van der Waals surface area (Å²) in [6, 6.07) is 11.3. The van der Waals surface area contributed by atoms with Gasteiger partial charge in [-0.25, -0.2) is 24.5 Å². The summed E-state index contributed by atoms with van der Waals surface area (Å²) in [5.41, 5.74) is -0.768. The first kappa shape index (κ1) is 105. The van der Waals surface area contributed by atoms with Crippen LogP contribution in [0.1, 0.15) is 278 Å². The van der Waals surface area contributed by atoms with E-state index in [0.717, 1.165) is 51.3 Å². The summed E-state index contributed by atoms with van der Waals surface area (Å²) in [6.45, 7) is 74.2. The minimum Gasteiger partial charge on any atom is -0.450 e. The van der Waals surface area contributed by atoms with Crippen LogP contribution in [0.2, 0.25) is 0 Å². The van der Waals surface area contributed by atoms with Crippen LogP contribution in [0, 0.1) is 103 Å². The van der Waals surface area contributed by atoms with Gasteiger partial charge in [0.05, 0.1) is 65.2 Å². The van der Waals surface area contributed by atoms with Crippen LogP contribution >= 0.6 is 66.1 Å². The second-order valence-corrected chi connectivity index (χ2v) is 45.9. The van der Waals surface area contributed by atoms with Gasteiger partial charge in [0.15, 0.2) is 0 Å². The van der Waals surface area contributed by atoms with Crippen LogP contribution in [0.5, 0.6) is 0 Å². The zero-order chi connectivity index (χ0) is 85.5. The maximum Gasteiger partial charge on any atom is 0.508 e. The molecule has 16 nitrogen and oxygen atoms in total. The quantitative estimate of drug-likeness (QED) is 0.0246. The summed E-state index contributed by atoms with van der Waals surface area (Å²) >= 11 is 6.98. The van der Waals surface area contributed by atoms with Gasteiger partial charge in [0.2, 0.25) is 5.91 Å². The Morgan fingerprint density at radius 1 is 0.664 bits per heavy atom. The molecule has 0 bridgehead atoms. The number of hydrogen-bond donors (Lipinski definition) is 5. The van der Waals surface area contributed by atoms with Crippen LogP contribution in [0.4, 0.5) is 9.59 Å². The molecule has 22 heteroatoms. The van der Waals surface area contributed by atoms with Crippen molar-refractivity contribution in [1.82, 2.24) is 20.3 Å². The zero-order valence-corrected chi connectivity index (χ0v) is 79.5. The largest absolute Gasteiger partial charge is 0.508 e. The van der Waals surface area contributed by atoms with Gasteiger partial charge in [0.25, 0.3) is 0 Å². The summed E-state index contributed by atoms with van der Waals surface area (Å²) < 4.78 is 22.7. The first-order valence-electron chi connectivity index (χ1n) is 39.8. The molecule has 0 aromatic carbocycles. The van der Waals surface area contributed by atoms with Crippen molar-refractivity contribution in [2.75, 3.05) is 24.7 Å². The minimum atomic E-state index is -1.18. The van der Waals surface area contributed by atoms with Crippen LogP contribution in [0.25, 0.3) is 6.08 Å². The highest BCUT2D eigenvalue weighted by atomic mass is 35.5. The van der Waals surface area contributed by atoms with Crippen LogP contribution in [-0.2, 0) is 28.5 Å². The first-order chi connectivity index (χ1) is 49.9. The molecular formula is C88H153ClN4O12S5. The molecule has 2 aliphatic heterocycles. The Hall–Kier alpha value is -2.96. The average Bonchev–Trinajstić information content (AvgIpc) is 1.52. The van der Waals surface area contributed by atoms with Gasteiger partial charge in [0.1, 0.15) is 34.6 Å². The smallest absolute Gasteiger partial charge is 0.450 e. The molecule has 0 spiro atoms. The molecule has 110 heavy (non-hydrogen) atoms. The SMILES string of the molecule is C/C(=C\c1csc(C)n1)C1CC2O[C@]2(C)CCCC(C)(C)[C@H](C)[C@H](O)[C@@H](C)C(C)(C)C(=O)C(C)(C)[C@@H](O)CC(=O)N1.CC(C(O)[C@@H](C)C(C)(C)C)C(C)(C)C.CC(C(OC(=O)Cl)[C@@H](C)C(C)(C)C)C(C)(C)C.CC(C(OC(=O)OCCSSc1ccccn1)[C@@H](C)C(C)(C)C)C(C)(C)C.OCCSSc1ccccn1. The standard InChI is InChI=1S/C33H54N2O5S.C21H35NO3S2.C14H27ClO2.C13H28O.C7H9NOS2/c1-19(15-23-18-41-22(4)34-23)24-16-26-33(11,40-26)14-12-13-30(5,6)20(2)28(38)21(3)31(7,8)29(39)32(9,10)25(36)17-27(37)35-24;1-15(20(3,4)5)18(16(2)21(6,7)8)25-19(23)24-13-14-26-27-17-11-9-10-12-22-17;1-9(13(3,4)5)11(17-12(15)16)10(2)14(6,7)8;1-9(12(3,4)5)11(14)10(2)13(6,7)8;9-5-6-10-11-7-3-1-2-4-8-7/h15,18,20-21,24-26,28,36,38H,12-14,16-17H2,1-11H3,(H,35,37);9-12,15-16,18H,13-14H2,1-8H3;9-11H,1-8H3;9-11,14H,1-8H3;1-4,9H,5-6H2/b19-15+;;;;/t20-,21-,24?,25+,26?,28+,33-;15-,16?,18?;2*9-,10?,11?;/m1111./s1. The van der Waals surface area contributed by atoms with E-state index in [1.54, 1.807) is 80.8 Å². The van der Waals surface area contributed by atoms with Crippen molar-refractivity contribution in [2.45, 2.75) is 333 Å². The van der Waals surface area contributed by atoms with Gasteiger partial charge in [-0.1, -0.05) is 255 Å². The third-order valence-corrected chi connectivity index (χ3v) is 29.8. The van der Waals surface area contributed by atoms with Crippen LogP contribution in [0.15, 0.2) is 69.8 Å². The fourth-order valence-corrected chi connectivity index (χ4v) is 16.7.